The van der Waals surface area contributed by atoms with Crippen molar-refractivity contribution < 1.29 is 9.72 Å². The molecule has 2 aromatic rings. The zero-order valence-corrected chi connectivity index (χ0v) is 11.3. The number of hydrogen-bond acceptors (Lipinski definition) is 5. The fourth-order valence-electron chi connectivity index (χ4n) is 1.72. The smallest absolute Gasteiger partial charge is 0.289 e. The first-order chi connectivity index (χ1) is 9.93. The van der Waals surface area contributed by atoms with Crippen molar-refractivity contribution >= 4 is 11.6 Å². The molecule has 8 nitrogen and oxygen atoms in total. The highest BCUT2D eigenvalue weighted by atomic mass is 16.6. The van der Waals surface area contributed by atoms with Crippen LogP contribution in [0.5, 0.6) is 0 Å². The zero-order valence-electron chi connectivity index (χ0n) is 11.3. The first kappa shape index (κ1) is 14.2. The molecule has 0 aliphatic rings. The Morgan fingerprint density at radius 2 is 2.14 bits per heavy atom. The lowest BCUT2D eigenvalue weighted by Crippen LogP contribution is -2.22. The van der Waals surface area contributed by atoms with Crippen LogP contribution in [-0.2, 0) is 0 Å². The van der Waals surface area contributed by atoms with Gasteiger partial charge in [0.1, 0.15) is 11.6 Å². The molecule has 0 saturated carbocycles. The molecular weight excluding hydrogens is 274 g/mol. The summed E-state index contributed by atoms with van der Waals surface area (Å²) in [7, 11) is 3.21. The summed E-state index contributed by atoms with van der Waals surface area (Å²) in [5.41, 5.74) is 0.303. The Morgan fingerprint density at radius 3 is 2.71 bits per heavy atom. The van der Waals surface area contributed by atoms with Crippen LogP contribution in [0.2, 0.25) is 0 Å². The standard InChI is InChI=1S/C13H11N5O3/c1-16(2)13(19)11-5-6-17(15-11)10-4-3-9(8-14)12(7-10)18(20)21/h3-7H,1-2H3. The highest BCUT2D eigenvalue weighted by Crippen LogP contribution is 2.21. The van der Waals surface area contributed by atoms with E-state index in [0.717, 1.165) is 0 Å². The van der Waals surface area contributed by atoms with Crippen LogP contribution in [0.25, 0.3) is 5.69 Å². The van der Waals surface area contributed by atoms with Gasteiger partial charge in [-0.3, -0.25) is 14.9 Å². The molecule has 2 rings (SSSR count). The number of rotatable bonds is 3. The molecule has 0 spiro atoms. The van der Waals surface area contributed by atoms with E-state index in [0.29, 0.717) is 5.69 Å². The van der Waals surface area contributed by atoms with E-state index in [9.17, 15) is 14.9 Å². The van der Waals surface area contributed by atoms with Gasteiger partial charge in [0.2, 0.25) is 0 Å². The fraction of sp³-hybridized carbons (Fsp3) is 0.154. The number of aromatic nitrogens is 2. The molecule has 21 heavy (non-hydrogen) atoms. The lowest BCUT2D eigenvalue weighted by molar-refractivity contribution is -0.385. The maximum atomic E-state index is 11.8. The van der Waals surface area contributed by atoms with E-state index in [4.69, 9.17) is 5.26 Å². The van der Waals surface area contributed by atoms with E-state index in [1.165, 1.54) is 40.0 Å². The van der Waals surface area contributed by atoms with Gasteiger partial charge in [0.15, 0.2) is 5.69 Å². The van der Waals surface area contributed by atoms with Crippen LogP contribution in [0.3, 0.4) is 0 Å². The Labute approximate surface area is 120 Å². The van der Waals surface area contributed by atoms with Crippen molar-refractivity contribution in [2.45, 2.75) is 0 Å². The molecule has 0 fully saturated rings. The number of benzene rings is 1. The molecule has 0 bridgehead atoms. The maximum Gasteiger partial charge on any atom is 0.289 e. The molecule has 106 valence electrons. The van der Waals surface area contributed by atoms with Crippen molar-refractivity contribution in [3.05, 3.63) is 51.8 Å². The van der Waals surface area contributed by atoms with E-state index in [2.05, 4.69) is 5.10 Å². The van der Waals surface area contributed by atoms with E-state index in [-0.39, 0.29) is 22.9 Å². The van der Waals surface area contributed by atoms with Crippen LogP contribution >= 0.6 is 0 Å². The second-order valence-corrected chi connectivity index (χ2v) is 4.42. The third kappa shape index (κ3) is 2.71. The molecule has 1 amide bonds. The molecule has 0 radical (unpaired) electrons. The predicted octanol–water partition coefficient (Wildman–Crippen LogP) is 1.35. The number of carbonyl (C=O) groups excluding carboxylic acids is 1. The van der Waals surface area contributed by atoms with Crippen molar-refractivity contribution in [3.8, 4) is 11.8 Å². The average molecular weight is 285 g/mol. The number of amides is 1. The molecule has 1 aromatic carbocycles. The molecule has 0 saturated heterocycles. The second kappa shape index (κ2) is 5.42. The number of nitrogens with zero attached hydrogens (tertiary/aromatic N) is 5. The van der Waals surface area contributed by atoms with Crippen LogP contribution < -0.4 is 0 Å². The Bertz CT molecular complexity index is 757. The molecule has 0 unspecified atom stereocenters. The van der Waals surface area contributed by atoms with Crippen molar-refractivity contribution in [3.63, 3.8) is 0 Å². The Balaban J connectivity index is 2.44. The zero-order chi connectivity index (χ0) is 15.6. The SMILES string of the molecule is CN(C)C(=O)c1ccn(-c2ccc(C#N)c([N+](=O)[O-])c2)n1. The molecule has 1 aromatic heterocycles. The maximum absolute atomic E-state index is 11.8. The normalized spacial score (nSPS) is 9.95. The lowest BCUT2D eigenvalue weighted by Gasteiger charge is -2.07. The minimum atomic E-state index is -0.628. The number of nitro benzene ring substituents is 1. The molecule has 1 heterocycles. The molecule has 0 atom stereocenters. The topological polar surface area (TPSA) is 105 Å². The Kier molecular flexibility index (Phi) is 3.67. The largest absolute Gasteiger partial charge is 0.343 e. The number of hydrogen-bond donors (Lipinski definition) is 0. The monoisotopic (exact) mass is 285 g/mol. The van der Waals surface area contributed by atoms with E-state index < -0.39 is 4.92 Å². The Hall–Kier alpha value is -3.21. The van der Waals surface area contributed by atoms with Crippen LogP contribution in [0.4, 0.5) is 5.69 Å². The van der Waals surface area contributed by atoms with Gasteiger partial charge >= 0.3 is 0 Å². The summed E-state index contributed by atoms with van der Waals surface area (Å²) >= 11 is 0. The molecule has 8 heteroatoms. The van der Waals surface area contributed by atoms with Gasteiger partial charge in [0.25, 0.3) is 11.6 Å². The molecule has 0 aliphatic heterocycles. The van der Waals surface area contributed by atoms with Gasteiger partial charge in [-0.05, 0) is 18.2 Å². The van der Waals surface area contributed by atoms with Crippen molar-refractivity contribution in [2.24, 2.45) is 0 Å². The van der Waals surface area contributed by atoms with Gasteiger partial charge < -0.3 is 4.90 Å². The first-order valence-electron chi connectivity index (χ1n) is 5.90. The number of nitriles is 1. The van der Waals surface area contributed by atoms with Crippen molar-refractivity contribution in [2.75, 3.05) is 14.1 Å². The number of nitro groups is 1. The van der Waals surface area contributed by atoms with Crippen molar-refractivity contribution in [1.82, 2.24) is 14.7 Å². The summed E-state index contributed by atoms with van der Waals surface area (Å²) in [4.78, 5) is 23.4. The molecular formula is C13H11N5O3. The lowest BCUT2D eigenvalue weighted by atomic mass is 10.2. The van der Waals surface area contributed by atoms with Crippen LogP contribution in [0.1, 0.15) is 16.1 Å². The second-order valence-electron chi connectivity index (χ2n) is 4.42. The van der Waals surface area contributed by atoms with E-state index in [1.54, 1.807) is 20.2 Å². The summed E-state index contributed by atoms with van der Waals surface area (Å²) in [6.45, 7) is 0. The van der Waals surface area contributed by atoms with Gasteiger partial charge in [0, 0.05) is 26.4 Å². The van der Waals surface area contributed by atoms with Gasteiger partial charge in [-0.15, -0.1) is 0 Å². The summed E-state index contributed by atoms with van der Waals surface area (Å²) in [5.74, 6) is -0.267. The summed E-state index contributed by atoms with van der Waals surface area (Å²) in [5, 5.41) is 23.8. The van der Waals surface area contributed by atoms with Crippen LogP contribution in [0, 0.1) is 21.4 Å². The third-order valence-corrected chi connectivity index (χ3v) is 2.78. The minimum Gasteiger partial charge on any atom is -0.343 e. The highest BCUT2D eigenvalue weighted by molar-refractivity contribution is 5.91. The average Bonchev–Trinajstić information content (AvgIpc) is 2.95. The first-order valence-corrected chi connectivity index (χ1v) is 5.90. The van der Waals surface area contributed by atoms with Gasteiger partial charge in [0.05, 0.1) is 10.6 Å². The number of carbonyl (C=O) groups is 1. The third-order valence-electron chi connectivity index (χ3n) is 2.78. The fourth-order valence-corrected chi connectivity index (χ4v) is 1.72. The van der Waals surface area contributed by atoms with E-state index >= 15 is 0 Å². The van der Waals surface area contributed by atoms with Gasteiger partial charge in [-0.2, -0.15) is 10.4 Å². The minimum absolute atomic E-state index is 0.0273. The summed E-state index contributed by atoms with van der Waals surface area (Å²) in [6.07, 6.45) is 1.53. The van der Waals surface area contributed by atoms with Crippen LogP contribution in [0.15, 0.2) is 30.5 Å². The molecule has 0 N–H and O–H groups in total. The predicted molar refractivity (Wildman–Crippen MR) is 73.0 cm³/mol. The van der Waals surface area contributed by atoms with Crippen LogP contribution in [-0.4, -0.2) is 39.6 Å². The van der Waals surface area contributed by atoms with Crippen molar-refractivity contribution in [1.29, 1.82) is 5.26 Å². The van der Waals surface area contributed by atoms with Gasteiger partial charge in [-0.25, -0.2) is 4.68 Å². The Morgan fingerprint density at radius 1 is 1.43 bits per heavy atom. The van der Waals surface area contributed by atoms with Gasteiger partial charge in [-0.1, -0.05) is 0 Å². The highest BCUT2D eigenvalue weighted by Gasteiger charge is 2.17. The summed E-state index contributed by atoms with van der Waals surface area (Å²) < 4.78 is 1.35. The summed E-state index contributed by atoms with van der Waals surface area (Å²) in [6, 6.07) is 7.41. The molecule has 0 aliphatic carbocycles. The quantitative estimate of drug-likeness (QED) is 0.625. The van der Waals surface area contributed by atoms with E-state index in [1.807, 2.05) is 0 Å².